The maximum Gasteiger partial charge on any atom is 0.430 e. The van der Waals surface area contributed by atoms with Gasteiger partial charge in [0.05, 0.1) is 0 Å². The molecule has 0 radical (unpaired) electrons. The predicted molar refractivity (Wildman–Crippen MR) is 95.5 cm³/mol. The molecule has 0 amide bonds. The average molecular weight is 475 g/mol. The molecule has 6 nitrogen and oxygen atoms in total. The van der Waals surface area contributed by atoms with Crippen LogP contribution >= 0.6 is 11.3 Å². The molecule has 0 atom stereocenters. The third-order valence-corrected chi connectivity index (χ3v) is 7.76. The van der Waals surface area contributed by atoms with E-state index in [1.54, 1.807) is 4.90 Å². The fraction of sp³-hybridized carbons (Fsp3) is 0.438. The molecule has 1 aliphatic rings. The number of halogens is 6. The number of sulfonamides is 1. The monoisotopic (exact) mass is 475 g/mol. The van der Waals surface area contributed by atoms with Gasteiger partial charge in [0.1, 0.15) is 0 Å². The van der Waals surface area contributed by atoms with Gasteiger partial charge in [-0.15, -0.1) is 11.3 Å². The van der Waals surface area contributed by atoms with E-state index in [0.29, 0.717) is 17.8 Å². The van der Waals surface area contributed by atoms with Crippen LogP contribution in [0.2, 0.25) is 0 Å². The van der Waals surface area contributed by atoms with Gasteiger partial charge in [-0.25, -0.2) is 13.4 Å². The molecule has 0 spiro atoms. The molecule has 14 heteroatoms. The van der Waals surface area contributed by atoms with Crippen molar-refractivity contribution in [2.75, 3.05) is 31.1 Å². The molecule has 0 saturated carbocycles. The number of hydrogen-bond acceptors (Lipinski definition) is 6. The van der Waals surface area contributed by atoms with Crippen molar-refractivity contribution in [3.8, 4) is 0 Å². The third kappa shape index (κ3) is 3.88. The lowest BCUT2D eigenvalue weighted by Gasteiger charge is -2.36. The van der Waals surface area contributed by atoms with Crippen LogP contribution in [-0.4, -0.2) is 61.3 Å². The van der Waals surface area contributed by atoms with Crippen molar-refractivity contribution in [1.82, 2.24) is 9.29 Å². The van der Waals surface area contributed by atoms with E-state index in [1.807, 2.05) is 0 Å². The van der Waals surface area contributed by atoms with Crippen LogP contribution in [0.5, 0.6) is 0 Å². The lowest BCUT2D eigenvalue weighted by Crippen LogP contribution is -2.54. The fourth-order valence-electron chi connectivity index (χ4n) is 3.04. The summed E-state index contributed by atoms with van der Waals surface area (Å²) in [7, 11) is -3.75. The predicted octanol–water partition coefficient (Wildman–Crippen LogP) is 2.97. The Morgan fingerprint density at radius 3 is 1.90 bits per heavy atom. The van der Waals surface area contributed by atoms with Crippen molar-refractivity contribution in [2.24, 2.45) is 0 Å². The third-order valence-electron chi connectivity index (χ3n) is 4.68. The molecule has 1 aromatic heterocycles. The smallest absolute Gasteiger partial charge is 0.369 e. The number of nitrogens with zero attached hydrogens (tertiary/aromatic N) is 3. The minimum atomic E-state index is -5.96. The normalized spacial score (nSPS) is 17.4. The summed E-state index contributed by atoms with van der Waals surface area (Å²) in [5.41, 5.74) is -6.04. The molecule has 1 fully saturated rings. The number of benzene rings is 1. The number of rotatable bonds is 4. The molecule has 2 heterocycles. The van der Waals surface area contributed by atoms with E-state index in [1.165, 1.54) is 15.9 Å². The van der Waals surface area contributed by atoms with Gasteiger partial charge in [0.2, 0.25) is 4.34 Å². The van der Waals surface area contributed by atoms with Crippen LogP contribution in [0.25, 0.3) is 0 Å². The van der Waals surface area contributed by atoms with Gasteiger partial charge in [-0.3, -0.25) is 0 Å². The Kier molecular flexibility index (Phi) is 5.81. The maximum absolute atomic E-state index is 13.0. The first-order valence-electron chi connectivity index (χ1n) is 8.39. The first-order chi connectivity index (χ1) is 13.8. The summed E-state index contributed by atoms with van der Waals surface area (Å²) in [6.07, 6.45) is -10.6. The summed E-state index contributed by atoms with van der Waals surface area (Å²) in [6.45, 7) is 0.483. The summed E-state index contributed by atoms with van der Waals surface area (Å²) in [5, 5.41) is 11.0. The lowest BCUT2D eigenvalue weighted by atomic mass is 9.92. The molecule has 2 aromatic rings. The van der Waals surface area contributed by atoms with Crippen LogP contribution in [0.15, 0.2) is 40.2 Å². The van der Waals surface area contributed by atoms with Crippen molar-refractivity contribution in [1.29, 1.82) is 0 Å². The highest BCUT2D eigenvalue weighted by Gasteiger charge is 2.71. The van der Waals surface area contributed by atoms with E-state index in [-0.39, 0.29) is 30.5 Å². The molecule has 1 aromatic carbocycles. The molecule has 30 heavy (non-hydrogen) atoms. The van der Waals surface area contributed by atoms with Crippen LogP contribution in [0, 0.1) is 0 Å². The summed E-state index contributed by atoms with van der Waals surface area (Å²) in [5.74, 6) is 0. The van der Waals surface area contributed by atoms with Crippen molar-refractivity contribution in [2.45, 2.75) is 22.3 Å². The minimum absolute atomic E-state index is 0.0566. The zero-order valence-corrected chi connectivity index (χ0v) is 16.6. The maximum atomic E-state index is 13.0. The number of piperazine rings is 1. The molecule has 3 rings (SSSR count). The van der Waals surface area contributed by atoms with Gasteiger partial charge in [0, 0.05) is 49.0 Å². The Labute approximate surface area is 171 Å². The molecule has 166 valence electrons. The zero-order valence-electron chi connectivity index (χ0n) is 15.0. The summed E-state index contributed by atoms with van der Waals surface area (Å²) in [6, 6.07) is 3.19. The largest absolute Gasteiger partial charge is 0.430 e. The summed E-state index contributed by atoms with van der Waals surface area (Å²) in [4.78, 5) is 5.40. The Morgan fingerprint density at radius 1 is 0.933 bits per heavy atom. The van der Waals surface area contributed by atoms with Gasteiger partial charge < -0.3 is 10.0 Å². The number of hydrogen-bond donors (Lipinski definition) is 1. The second-order valence-corrected chi connectivity index (χ2v) is 9.45. The number of aromatic nitrogens is 1. The van der Waals surface area contributed by atoms with E-state index in [4.69, 9.17) is 0 Å². The number of anilines is 1. The van der Waals surface area contributed by atoms with Gasteiger partial charge in [0.25, 0.3) is 15.6 Å². The highest BCUT2D eigenvalue weighted by molar-refractivity contribution is 7.91. The topological polar surface area (TPSA) is 73.7 Å². The van der Waals surface area contributed by atoms with Gasteiger partial charge in [-0.2, -0.15) is 30.6 Å². The summed E-state index contributed by atoms with van der Waals surface area (Å²) >= 11 is 0.967. The molecular weight excluding hydrogens is 460 g/mol. The van der Waals surface area contributed by atoms with Crippen LogP contribution in [0.4, 0.5) is 32.0 Å². The Bertz CT molecular complexity index is 953. The van der Waals surface area contributed by atoms with Crippen molar-refractivity contribution in [3.05, 3.63) is 41.4 Å². The van der Waals surface area contributed by atoms with Gasteiger partial charge in [-0.1, -0.05) is 12.1 Å². The highest BCUT2D eigenvalue weighted by atomic mass is 32.2. The quantitative estimate of drug-likeness (QED) is 0.689. The molecule has 0 aliphatic carbocycles. The highest BCUT2D eigenvalue weighted by Crippen LogP contribution is 2.50. The van der Waals surface area contributed by atoms with E-state index in [9.17, 15) is 39.9 Å². The van der Waals surface area contributed by atoms with E-state index < -0.39 is 33.5 Å². The van der Waals surface area contributed by atoms with Crippen LogP contribution in [0.1, 0.15) is 5.56 Å². The molecule has 0 bridgehead atoms. The van der Waals surface area contributed by atoms with Crippen LogP contribution < -0.4 is 4.90 Å². The zero-order chi connectivity index (χ0) is 22.4. The molecule has 0 unspecified atom stereocenters. The SMILES string of the molecule is O=S(=O)(c1nccs1)N1CCN(c2ccc(C(O)(C(F)(F)F)C(F)(F)F)cc2)CC1. The summed E-state index contributed by atoms with van der Waals surface area (Å²) < 4.78 is 104. The second kappa shape index (κ2) is 7.66. The molecule has 1 aliphatic heterocycles. The van der Waals surface area contributed by atoms with Crippen LogP contribution in [-0.2, 0) is 15.6 Å². The first-order valence-corrected chi connectivity index (χ1v) is 10.7. The fourth-order valence-corrected chi connectivity index (χ4v) is 5.42. The lowest BCUT2D eigenvalue weighted by molar-refractivity contribution is -0.376. The van der Waals surface area contributed by atoms with Crippen molar-refractivity contribution >= 4 is 27.0 Å². The van der Waals surface area contributed by atoms with E-state index in [2.05, 4.69) is 4.98 Å². The number of aliphatic hydroxyl groups is 1. The second-order valence-electron chi connectivity index (χ2n) is 6.44. The van der Waals surface area contributed by atoms with Gasteiger partial charge in [0.15, 0.2) is 0 Å². The Hall–Kier alpha value is -1.90. The Balaban J connectivity index is 1.75. The Morgan fingerprint density at radius 2 is 1.47 bits per heavy atom. The van der Waals surface area contributed by atoms with Gasteiger partial charge in [-0.05, 0) is 12.1 Å². The first kappa shape index (κ1) is 22.8. The number of alkyl halides is 6. The van der Waals surface area contributed by atoms with Gasteiger partial charge >= 0.3 is 12.4 Å². The number of thiazole rings is 1. The average Bonchev–Trinajstić information content (AvgIpc) is 3.21. The molecular formula is C16H15F6N3O3S2. The van der Waals surface area contributed by atoms with E-state index >= 15 is 0 Å². The van der Waals surface area contributed by atoms with Crippen LogP contribution in [0.3, 0.4) is 0 Å². The molecule has 1 N–H and O–H groups in total. The molecule has 1 saturated heterocycles. The standard InChI is InChI=1S/C16H15F6N3O3S2/c17-15(18,19)14(26,16(20,21)22)11-1-3-12(4-2-11)24-6-8-25(9-7-24)30(27,28)13-23-5-10-29-13/h1-5,10,26H,6-9H2. The van der Waals surface area contributed by atoms with Crippen molar-refractivity contribution < 1.29 is 39.9 Å². The van der Waals surface area contributed by atoms with E-state index in [0.717, 1.165) is 23.5 Å². The minimum Gasteiger partial charge on any atom is -0.369 e. The van der Waals surface area contributed by atoms with Crippen molar-refractivity contribution in [3.63, 3.8) is 0 Å².